The summed E-state index contributed by atoms with van der Waals surface area (Å²) < 4.78 is 19.3. The predicted octanol–water partition coefficient (Wildman–Crippen LogP) is 2.71. The maximum atomic E-state index is 14.1. The molecule has 1 aromatic rings. The Bertz CT molecular complexity index is 415. The van der Waals surface area contributed by atoms with Crippen LogP contribution in [0.5, 0.6) is 0 Å². The van der Waals surface area contributed by atoms with E-state index in [4.69, 9.17) is 10.5 Å². The lowest BCUT2D eigenvalue weighted by Gasteiger charge is -2.33. The van der Waals surface area contributed by atoms with Gasteiger partial charge in [-0.1, -0.05) is 6.07 Å². The van der Waals surface area contributed by atoms with Crippen LogP contribution in [0.15, 0.2) is 18.2 Å². The van der Waals surface area contributed by atoms with Crippen LogP contribution in [0.4, 0.5) is 10.1 Å². The molecule has 106 valence electrons. The van der Waals surface area contributed by atoms with Crippen molar-refractivity contribution in [1.29, 1.82) is 0 Å². The Morgan fingerprint density at radius 3 is 2.63 bits per heavy atom. The summed E-state index contributed by atoms with van der Waals surface area (Å²) in [6, 6.07) is 5.20. The maximum absolute atomic E-state index is 14.1. The summed E-state index contributed by atoms with van der Waals surface area (Å²) >= 11 is 0. The molecule has 0 spiro atoms. The highest BCUT2D eigenvalue weighted by molar-refractivity contribution is 5.49. The van der Waals surface area contributed by atoms with E-state index in [0.717, 1.165) is 38.1 Å². The first-order chi connectivity index (χ1) is 9.11. The molecule has 1 fully saturated rings. The van der Waals surface area contributed by atoms with Gasteiger partial charge in [-0.2, -0.15) is 0 Å². The zero-order valence-electron chi connectivity index (χ0n) is 11.7. The van der Waals surface area contributed by atoms with Gasteiger partial charge >= 0.3 is 0 Å². The fourth-order valence-corrected chi connectivity index (χ4v) is 2.64. The minimum Gasteiger partial charge on any atom is -0.384 e. The second-order valence-corrected chi connectivity index (χ2v) is 5.39. The molecule has 1 saturated heterocycles. The largest absolute Gasteiger partial charge is 0.384 e. The van der Waals surface area contributed by atoms with Crippen LogP contribution in [-0.2, 0) is 4.74 Å². The van der Waals surface area contributed by atoms with E-state index in [0.29, 0.717) is 11.6 Å². The first kappa shape index (κ1) is 14.3. The molecule has 1 unspecified atom stereocenters. The molecular weight excluding hydrogens is 243 g/mol. The van der Waals surface area contributed by atoms with Gasteiger partial charge in [0.15, 0.2) is 0 Å². The highest BCUT2D eigenvalue weighted by Gasteiger charge is 2.21. The molecule has 0 radical (unpaired) electrons. The van der Waals surface area contributed by atoms with Gasteiger partial charge in [-0.25, -0.2) is 4.39 Å². The molecule has 4 heteroatoms. The minimum atomic E-state index is -0.167. The fraction of sp³-hybridized carbons (Fsp3) is 0.600. The van der Waals surface area contributed by atoms with E-state index in [9.17, 15) is 4.39 Å². The maximum Gasteiger partial charge on any atom is 0.146 e. The molecule has 0 amide bonds. The molecule has 2 rings (SSSR count). The molecule has 1 aliphatic rings. The molecule has 1 atom stereocenters. The monoisotopic (exact) mass is 266 g/mol. The van der Waals surface area contributed by atoms with E-state index in [2.05, 4.69) is 4.90 Å². The summed E-state index contributed by atoms with van der Waals surface area (Å²) in [6.07, 6.45) is 2.12. The molecule has 1 aliphatic heterocycles. The Labute approximate surface area is 114 Å². The second-order valence-electron chi connectivity index (χ2n) is 5.39. The van der Waals surface area contributed by atoms with Gasteiger partial charge in [0, 0.05) is 32.8 Å². The van der Waals surface area contributed by atoms with E-state index < -0.39 is 0 Å². The number of methoxy groups -OCH3 is 1. The Morgan fingerprint density at radius 2 is 2.11 bits per heavy atom. The lowest BCUT2D eigenvalue weighted by Crippen LogP contribution is -2.35. The summed E-state index contributed by atoms with van der Waals surface area (Å²) in [4.78, 5) is 2.12. The van der Waals surface area contributed by atoms with Crippen LogP contribution in [0.3, 0.4) is 0 Å². The van der Waals surface area contributed by atoms with Gasteiger partial charge in [0.05, 0.1) is 5.69 Å². The topological polar surface area (TPSA) is 38.5 Å². The summed E-state index contributed by atoms with van der Waals surface area (Å²) in [6.45, 7) is 4.45. The molecule has 0 aromatic heterocycles. The van der Waals surface area contributed by atoms with Crippen molar-refractivity contribution in [3.05, 3.63) is 29.6 Å². The summed E-state index contributed by atoms with van der Waals surface area (Å²) in [5, 5.41) is 0. The van der Waals surface area contributed by atoms with Crippen molar-refractivity contribution in [2.75, 3.05) is 31.7 Å². The van der Waals surface area contributed by atoms with Crippen LogP contribution in [0, 0.1) is 11.7 Å². The number of hydrogen-bond donors (Lipinski definition) is 1. The first-order valence-corrected chi connectivity index (χ1v) is 6.90. The van der Waals surface area contributed by atoms with Crippen molar-refractivity contribution in [3.63, 3.8) is 0 Å². The predicted molar refractivity (Wildman–Crippen MR) is 75.8 cm³/mol. The van der Waals surface area contributed by atoms with Gasteiger partial charge in [0.2, 0.25) is 0 Å². The van der Waals surface area contributed by atoms with Gasteiger partial charge in [0.1, 0.15) is 5.82 Å². The molecule has 1 heterocycles. The Hall–Kier alpha value is -1.13. The highest BCUT2D eigenvalue weighted by atomic mass is 19.1. The fourth-order valence-electron chi connectivity index (χ4n) is 2.64. The third kappa shape index (κ3) is 3.45. The quantitative estimate of drug-likeness (QED) is 0.910. The zero-order chi connectivity index (χ0) is 13.8. The van der Waals surface area contributed by atoms with Crippen LogP contribution in [-0.4, -0.2) is 26.8 Å². The number of nitrogens with two attached hydrogens (primary N) is 1. The summed E-state index contributed by atoms with van der Waals surface area (Å²) in [5.74, 6) is 0.438. The SMILES string of the molecule is COCC1CCN(c2ccc(C(C)N)cc2F)CC1. The van der Waals surface area contributed by atoms with Crippen molar-refractivity contribution in [3.8, 4) is 0 Å². The number of anilines is 1. The summed E-state index contributed by atoms with van der Waals surface area (Å²) in [5.41, 5.74) is 7.31. The van der Waals surface area contributed by atoms with Gasteiger partial charge in [-0.05, 0) is 43.4 Å². The van der Waals surface area contributed by atoms with Gasteiger partial charge < -0.3 is 15.4 Å². The van der Waals surface area contributed by atoms with Gasteiger partial charge in [0.25, 0.3) is 0 Å². The van der Waals surface area contributed by atoms with E-state index in [1.54, 1.807) is 13.2 Å². The van der Waals surface area contributed by atoms with E-state index >= 15 is 0 Å². The average molecular weight is 266 g/mol. The number of nitrogens with zero attached hydrogens (tertiary/aromatic N) is 1. The van der Waals surface area contributed by atoms with E-state index in [-0.39, 0.29) is 11.9 Å². The highest BCUT2D eigenvalue weighted by Crippen LogP contribution is 2.27. The number of benzene rings is 1. The third-order valence-electron chi connectivity index (χ3n) is 3.86. The Kier molecular flexibility index (Phi) is 4.77. The van der Waals surface area contributed by atoms with Crippen LogP contribution in [0.2, 0.25) is 0 Å². The molecule has 2 N–H and O–H groups in total. The number of piperidine rings is 1. The molecule has 0 bridgehead atoms. The van der Waals surface area contributed by atoms with Crippen LogP contribution in [0.1, 0.15) is 31.4 Å². The lowest BCUT2D eigenvalue weighted by molar-refractivity contribution is 0.139. The zero-order valence-corrected chi connectivity index (χ0v) is 11.7. The third-order valence-corrected chi connectivity index (χ3v) is 3.86. The number of halogens is 1. The van der Waals surface area contributed by atoms with Crippen LogP contribution >= 0.6 is 0 Å². The first-order valence-electron chi connectivity index (χ1n) is 6.90. The minimum absolute atomic E-state index is 0.129. The van der Waals surface area contributed by atoms with Crippen molar-refractivity contribution < 1.29 is 9.13 Å². The van der Waals surface area contributed by atoms with E-state index in [1.807, 2.05) is 19.1 Å². The molecule has 19 heavy (non-hydrogen) atoms. The van der Waals surface area contributed by atoms with Gasteiger partial charge in [-0.3, -0.25) is 0 Å². The van der Waals surface area contributed by atoms with Crippen LogP contribution in [0.25, 0.3) is 0 Å². The Balaban J connectivity index is 2.03. The van der Waals surface area contributed by atoms with Gasteiger partial charge in [-0.15, -0.1) is 0 Å². The smallest absolute Gasteiger partial charge is 0.146 e. The number of rotatable bonds is 4. The average Bonchev–Trinajstić information content (AvgIpc) is 2.40. The van der Waals surface area contributed by atoms with Crippen molar-refractivity contribution in [2.45, 2.75) is 25.8 Å². The summed E-state index contributed by atoms with van der Waals surface area (Å²) in [7, 11) is 1.73. The van der Waals surface area contributed by atoms with Crippen molar-refractivity contribution in [1.82, 2.24) is 0 Å². The Morgan fingerprint density at radius 1 is 1.42 bits per heavy atom. The molecular formula is C15H23FN2O. The van der Waals surface area contributed by atoms with Crippen molar-refractivity contribution in [2.24, 2.45) is 11.7 Å². The molecule has 0 saturated carbocycles. The van der Waals surface area contributed by atoms with E-state index in [1.165, 1.54) is 0 Å². The molecule has 3 nitrogen and oxygen atoms in total. The second kappa shape index (κ2) is 6.35. The van der Waals surface area contributed by atoms with Crippen LogP contribution < -0.4 is 10.6 Å². The lowest BCUT2D eigenvalue weighted by atomic mass is 9.97. The molecule has 1 aromatic carbocycles. The number of ether oxygens (including phenoxy) is 1. The normalized spacial score (nSPS) is 18.6. The standard InChI is InChI=1S/C15H23FN2O/c1-11(17)13-3-4-15(14(16)9-13)18-7-5-12(6-8-18)10-19-2/h3-4,9,11-12H,5-8,10,17H2,1-2H3. The molecule has 0 aliphatic carbocycles. The number of hydrogen-bond acceptors (Lipinski definition) is 3. The van der Waals surface area contributed by atoms with Crippen molar-refractivity contribution >= 4 is 5.69 Å².